The van der Waals surface area contributed by atoms with E-state index in [0.717, 1.165) is 38.0 Å². The van der Waals surface area contributed by atoms with E-state index in [1.54, 1.807) is 18.4 Å². The number of nitrogens with two attached hydrogens (primary N) is 1. The maximum atomic E-state index is 11.6. The van der Waals surface area contributed by atoms with Crippen molar-refractivity contribution in [2.75, 3.05) is 26.7 Å². The van der Waals surface area contributed by atoms with Crippen LogP contribution in [0.2, 0.25) is 0 Å². The fourth-order valence-corrected chi connectivity index (χ4v) is 3.32. The minimum Gasteiger partial charge on any atom is -0.359 e. The molecule has 0 atom stereocenters. The van der Waals surface area contributed by atoms with Crippen LogP contribution in [0.15, 0.2) is 11.4 Å². The van der Waals surface area contributed by atoms with Gasteiger partial charge >= 0.3 is 0 Å². The average molecular weight is 291 g/mol. The van der Waals surface area contributed by atoms with E-state index in [4.69, 9.17) is 5.73 Å². The Morgan fingerprint density at radius 3 is 2.95 bits per heavy atom. The number of amides is 1. The first-order valence-corrected chi connectivity index (χ1v) is 7.81. The summed E-state index contributed by atoms with van der Waals surface area (Å²) in [5.74, 6) is 6.29. The third kappa shape index (κ3) is 4.07. The van der Waals surface area contributed by atoms with Gasteiger partial charge in [-0.2, -0.15) is 0 Å². The first-order chi connectivity index (χ1) is 9.72. The summed E-state index contributed by atoms with van der Waals surface area (Å²) >= 11 is 1.74. The van der Waals surface area contributed by atoms with E-state index in [9.17, 15) is 4.79 Å². The first-order valence-electron chi connectivity index (χ1n) is 6.93. The van der Waals surface area contributed by atoms with Crippen LogP contribution in [0, 0.1) is 17.8 Å². The van der Waals surface area contributed by atoms with Crippen molar-refractivity contribution >= 4 is 17.2 Å². The van der Waals surface area contributed by atoms with Gasteiger partial charge in [0.2, 0.25) is 5.91 Å². The van der Waals surface area contributed by atoms with Crippen molar-refractivity contribution in [2.45, 2.75) is 19.4 Å². The third-order valence-electron chi connectivity index (χ3n) is 3.57. The van der Waals surface area contributed by atoms with Gasteiger partial charge < -0.3 is 11.1 Å². The van der Waals surface area contributed by atoms with E-state index in [0.29, 0.717) is 6.54 Å². The van der Waals surface area contributed by atoms with E-state index in [1.165, 1.54) is 4.88 Å². The number of carbonyl (C=O) groups is 1. The van der Waals surface area contributed by atoms with Crippen LogP contribution in [0.4, 0.5) is 0 Å². The Balaban J connectivity index is 1.83. The highest BCUT2D eigenvalue weighted by atomic mass is 32.1. The van der Waals surface area contributed by atoms with Crippen LogP contribution in [0.5, 0.6) is 0 Å². The number of likely N-dealkylation sites (tertiary alicyclic amines) is 1. The van der Waals surface area contributed by atoms with Gasteiger partial charge in [0.15, 0.2) is 0 Å². The molecule has 0 aliphatic carbocycles. The quantitative estimate of drug-likeness (QED) is 0.817. The summed E-state index contributed by atoms with van der Waals surface area (Å²) < 4.78 is 0. The van der Waals surface area contributed by atoms with Gasteiger partial charge in [-0.05, 0) is 32.0 Å². The number of nitrogens with zero attached hydrogens (tertiary/aromatic N) is 1. The number of carbonyl (C=O) groups excluding carboxylic acids is 1. The number of thiophene rings is 1. The highest BCUT2D eigenvalue weighted by Crippen LogP contribution is 2.21. The molecule has 0 aromatic carbocycles. The summed E-state index contributed by atoms with van der Waals surface area (Å²) in [4.78, 5) is 15.3. The van der Waals surface area contributed by atoms with Crippen LogP contribution in [-0.4, -0.2) is 37.5 Å². The molecule has 1 aromatic rings. The second kappa shape index (κ2) is 7.44. The van der Waals surface area contributed by atoms with Crippen molar-refractivity contribution in [3.8, 4) is 11.8 Å². The Morgan fingerprint density at radius 1 is 1.55 bits per heavy atom. The molecule has 0 bridgehead atoms. The molecular formula is C15H21N3OS. The van der Waals surface area contributed by atoms with Gasteiger partial charge in [-0.25, -0.2) is 0 Å². The maximum Gasteiger partial charge on any atom is 0.222 e. The van der Waals surface area contributed by atoms with Gasteiger partial charge in [0, 0.05) is 35.3 Å². The average Bonchev–Trinajstić information content (AvgIpc) is 2.92. The smallest absolute Gasteiger partial charge is 0.222 e. The zero-order valence-corrected chi connectivity index (χ0v) is 12.6. The highest BCUT2D eigenvalue weighted by molar-refractivity contribution is 7.10. The van der Waals surface area contributed by atoms with Crippen LogP contribution < -0.4 is 11.1 Å². The van der Waals surface area contributed by atoms with Crippen molar-refractivity contribution in [1.29, 1.82) is 0 Å². The molecule has 2 heterocycles. The molecule has 0 radical (unpaired) electrons. The molecule has 0 unspecified atom stereocenters. The molecule has 1 fully saturated rings. The summed E-state index contributed by atoms with van der Waals surface area (Å²) in [7, 11) is 1.71. The lowest BCUT2D eigenvalue weighted by Gasteiger charge is -2.30. The van der Waals surface area contributed by atoms with Crippen molar-refractivity contribution in [3.63, 3.8) is 0 Å². The molecule has 4 nitrogen and oxygen atoms in total. The summed E-state index contributed by atoms with van der Waals surface area (Å²) in [6.45, 7) is 3.33. The molecular weight excluding hydrogens is 270 g/mol. The van der Waals surface area contributed by atoms with Gasteiger partial charge in [0.25, 0.3) is 0 Å². The van der Waals surface area contributed by atoms with E-state index in [1.807, 2.05) is 0 Å². The van der Waals surface area contributed by atoms with Gasteiger partial charge in [-0.15, -0.1) is 11.3 Å². The lowest BCUT2D eigenvalue weighted by Crippen LogP contribution is -2.39. The largest absolute Gasteiger partial charge is 0.359 e. The predicted molar refractivity (Wildman–Crippen MR) is 82.3 cm³/mol. The molecule has 20 heavy (non-hydrogen) atoms. The third-order valence-corrected chi connectivity index (χ3v) is 4.49. The highest BCUT2D eigenvalue weighted by Gasteiger charge is 2.24. The summed E-state index contributed by atoms with van der Waals surface area (Å²) in [6.07, 6.45) is 1.90. The van der Waals surface area contributed by atoms with E-state index >= 15 is 0 Å². The minimum absolute atomic E-state index is 0.181. The molecule has 1 aliphatic rings. The zero-order valence-electron chi connectivity index (χ0n) is 11.8. The Hall–Kier alpha value is -1.35. The van der Waals surface area contributed by atoms with E-state index in [2.05, 4.69) is 33.5 Å². The molecule has 3 N–H and O–H groups in total. The molecule has 1 saturated heterocycles. The number of hydrogen-bond donors (Lipinski definition) is 2. The molecule has 108 valence electrons. The lowest BCUT2D eigenvalue weighted by molar-refractivity contribution is -0.125. The van der Waals surface area contributed by atoms with Crippen molar-refractivity contribution in [2.24, 2.45) is 11.7 Å². The first kappa shape index (κ1) is 15.0. The number of nitrogens with one attached hydrogen (secondary N) is 1. The van der Waals surface area contributed by atoms with Gasteiger partial charge in [-0.1, -0.05) is 11.8 Å². The van der Waals surface area contributed by atoms with Gasteiger partial charge in [0.05, 0.1) is 6.54 Å². The molecule has 0 spiro atoms. The van der Waals surface area contributed by atoms with E-state index in [-0.39, 0.29) is 11.8 Å². The predicted octanol–water partition coefficient (Wildman–Crippen LogP) is 1.02. The normalized spacial score (nSPS) is 16.5. The molecule has 1 aromatic heterocycles. The fourth-order valence-electron chi connectivity index (χ4n) is 2.46. The summed E-state index contributed by atoms with van der Waals surface area (Å²) in [6, 6.07) is 2.14. The second-order valence-corrected chi connectivity index (χ2v) is 5.97. The van der Waals surface area contributed by atoms with Crippen LogP contribution in [-0.2, 0) is 11.3 Å². The Morgan fingerprint density at radius 2 is 2.30 bits per heavy atom. The van der Waals surface area contributed by atoms with E-state index < -0.39 is 0 Å². The molecule has 1 aliphatic heterocycles. The molecule has 2 rings (SSSR count). The topological polar surface area (TPSA) is 58.4 Å². The zero-order chi connectivity index (χ0) is 14.4. The number of piperidine rings is 1. The van der Waals surface area contributed by atoms with Crippen LogP contribution in [0.25, 0.3) is 0 Å². The van der Waals surface area contributed by atoms with Crippen molar-refractivity contribution in [1.82, 2.24) is 10.2 Å². The van der Waals surface area contributed by atoms with Crippen LogP contribution in [0.3, 0.4) is 0 Å². The van der Waals surface area contributed by atoms with Crippen molar-refractivity contribution in [3.05, 3.63) is 21.9 Å². The SMILES string of the molecule is CNC(=O)C1CCN(Cc2cc(C#CCN)cs2)CC1. The van der Waals surface area contributed by atoms with Crippen LogP contribution >= 0.6 is 11.3 Å². The van der Waals surface area contributed by atoms with Gasteiger partial charge in [0.1, 0.15) is 0 Å². The lowest BCUT2D eigenvalue weighted by atomic mass is 9.96. The number of rotatable bonds is 3. The summed E-state index contributed by atoms with van der Waals surface area (Å²) in [5.41, 5.74) is 6.42. The Bertz CT molecular complexity index is 507. The van der Waals surface area contributed by atoms with Gasteiger partial charge in [-0.3, -0.25) is 9.69 Å². The second-order valence-electron chi connectivity index (χ2n) is 4.97. The minimum atomic E-state index is 0.181. The Labute approximate surface area is 124 Å². The number of hydrogen-bond acceptors (Lipinski definition) is 4. The molecule has 0 saturated carbocycles. The monoisotopic (exact) mass is 291 g/mol. The molecule has 5 heteroatoms. The standard InChI is InChI=1S/C15H21N3OS/c1-17-15(19)13-4-7-18(8-5-13)10-14-9-12(11-20-14)3-2-6-16/h9,11,13H,4-8,10,16H2,1H3,(H,17,19). The van der Waals surface area contributed by atoms with Crippen molar-refractivity contribution < 1.29 is 4.79 Å². The fraction of sp³-hybridized carbons (Fsp3) is 0.533. The molecule has 1 amide bonds. The summed E-state index contributed by atoms with van der Waals surface area (Å²) in [5, 5.41) is 4.82. The maximum absolute atomic E-state index is 11.6. The van der Waals surface area contributed by atoms with Crippen LogP contribution in [0.1, 0.15) is 23.3 Å². The Kier molecular flexibility index (Phi) is 5.60.